The van der Waals surface area contributed by atoms with Crippen LogP contribution in [0.25, 0.3) is 0 Å². The predicted octanol–water partition coefficient (Wildman–Crippen LogP) is 1.55. The number of nitrogens with two attached hydrogens (primary N) is 1. The van der Waals surface area contributed by atoms with Crippen molar-refractivity contribution in [2.75, 3.05) is 31.1 Å². The SMILES string of the molecule is CCC(N)(CC)CN1CCSCC1. The molecule has 0 atom stereocenters. The van der Waals surface area contributed by atoms with Gasteiger partial charge in [0.2, 0.25) is 0 Å². The Morgan fingerprint density at radius 1 is 1.23 bits per heavy atom. The van der Waals surface area contributed by atoms with Gasteiger partial charge in [-0.05, 0) is 12.8 Å². The molecule has 0 aromatic carbocycles. The number of rotatable bonds is 4. The summed E-state index contributed by atoms with van der Waals surface area (Å²) in [6, 6.07) is 0. The minimum Gasteiger partial charge on any atom is -0.324 e. The van der Waals surface area contributed by atoms with E-state index in [1.807, 2.05) is 0 Å². The van der Waals surface area contributed by atoms with E-state index in [1.54, 1.807) is 0 Å². The summed E-state index contributed by atoms with van der Waals surface area (Å²) >= 11 is 2.06. The molecule has 0 bridgehead atoms. The van der Waals surface area contributed by atoms with E-state index in [2.05, 4.69) is 30.5 Å². The average Bonchev–Trinajstić information content (AvgIpc) is 2.19. The summed E-state index contributed by atoms with van der Waals surface area (Å²) in [5.74, 6) is 2.56. The Labute approximate surface area is 86.2 Å². The third-order valence-electron chi connectivity index (χ3n) is 3.05. The lowest BCUT2D eigenvalue weighted by atomic mass is 9.93. The topological polar surface area (TPSA) is 29.3 Å². The zero-order valence-electron chi connectivity index (χ0n) is 8.88. The normalized spacial score (nSPS) is 20.5. The first-order chi connectivity index (χ1) is 6.20. The highest BCUT2D eigenvalue weighted by Gasteiger charge is 2.24. The summed E-state index contributed by atoms with van der Waals surface area (Å²) in [7, 11) is 0. The predicted molar refractivity (Wildman–Crippen MR) is 61.3 cm³/mol. The van der Waals surface area contributed by atoms with Gasteiger partial charge in [-0.2, -0.15) is 11.8 Å². The Balaban J connectivity index is 2.35. The third kappa shape index (κ3) is 3.49. The fraction of sp³-hybridized carbons (Fsp3) is 1.00. The van der Waals surface area contributed by atoms with E-state index < -0.39 is 0 Å². The smallest absolute Gasteiger partial charge is 0.0278 e. The van der Waals surface area contributed by atoms with Gasteiger partial charge in [0.25, 0.3) is 0 Å². The Bertz CT molecular complexity index is 140. The van der Waals surface area contributed by atoms with Crippen LogP contribution in [0.3, 0.4) is 0 Å². The van der Waals surface area contributed by atoms with Gasteiger partial charge in [0.15, 0.2) is 0 Å². The van der Waals surface area contributed by atoms with Gasteiger partial charge < -0.3 is 5.73 Å². The maximum absolute atomic E-state index is 6.28. The molecular formula is C10H22N2S. The summed E-state index contributed by atoms with van der Waals surface area (Å²) < 4.78 is 0. The van der Waals surface area contributed by atoms with Crippen molar-refractivity contribution in [2.45, 2.75) is 32.2 Å². The molecule has 2 nitrogen and oxygen atoms in total. The largest absolute Gasteiger partial charge is 0.324 e. The Hall–Kier alpha value is 0.270. The van der Waals surface area contributed by atoms with Crippen molar-refractivity contribution in [3.63, 3.8) is 0 Å². The van der Waals surface area contributed by atoms with E-state index in [0.717, 1.165) is 19.4 Å². The van der Waals surface area contributed by atoms with E-state index in [0.29, 0.717) is 0 Å². The highest BCUT2D eigenvalue weighted by atomic mass is 32.2. The average molecular weight is 202 g/mol. The van der Waals surface area contributed by atoms with Crippen LogP contribution in [0.15, 0.2) is 0 Å². The molecule has 2 N–H and O–H groups in total. The van der Waals surface area contributed by atoms with Crippen LogP contribution in [-0.4, -0.2) is 41.6 Å². The summed E-state index contributed by atoms with van der Waals surface area (Å²) in [4.78, 5) is 2.52. The lowest BCUT2D eigenvalue weighted by Crippen LogP contribution is -2.51. The van der Waals surface area contributed by atoms with Crippen LogP contribution >= 0.6 is 11.8 Å². The lowest BCUT2D eigenvalue weighted by molar-refractivity contribution is 0.215. The quantitative estimate of drug-likeness (QED) is 0.750. The molecule has 1 aliphatic heterocycles. The highest BCUT2D eigenvalue weighted by molar-refractivity contribution is 7.99. The van der Waals surface area contributed by atoms with Gasteiger partial charge in [-0.25, -0.2) is 0 Å². The minimum atomic E-state index is 0.0575. The van der Waals surface area contributed by atoms with Crippen LogP contribution in [0.4, 0.5) is 0 Å². The zero-order valence-corrected chi connectivity index (χ0v) is 9.70. The van der Waals surface area contributed by atoms with E-state index in [1.165, 1.54) is 24.6 Å². The van der Waals surface area contributed by atoms with Crippen LogP contribution in [0, 0.1) is 0 Å². The molecule has 0 unspecified atom stereocenters. The van der Waals surface area contributed by atoms with Crippen LogP contribution in [0.2, 0.25) is 0 Å². The van der Waals surface area contributed by atoms with Gasteiger partial charge in [-0.3, -0.25) is 4.90 Å². The van der Waals surface area contributed by atoms with Crippen LogP contribution in [0.5, 0.6) is 0 Å². The molecule has 13 heavy (non-hydrogen) atoms. The second kappa shape index (κ2) is 5.23. The number of hydrogen-bond donors (Lipinski definition) is 1. The molecule has 1 fully saturated rings. The minimum absolute atomic E-state index is 0.0575. The number of hydrogen-bond acceptors (Lipinski definition) is 3. The Morgan fingerprint density at radius 2 is 1.77 bits per heavy atom. The van der Waals surface area contributed by atoms with Crippen molar-refractivity contribution in [3.8, 4) is 0 Å². The Kier molecular flexibility index (Phi) is 4.56. The first kappa shape index (κ1) is 11.3. The molecule has 0 radical (unpaired) electrons. The highest BCUT2D eigenvalue weighted by Crippen LogP contribution is 2.16. The van der Waals surface area contributed by atoms with Crippen molar-refractivity contribution in [3.05, 3.63) is 0 Å². The molecule has 0 aromatic heterocycles. The second-order valence-corrected chi connectivity index (χ2v) is 5.18. The second-order valence-electron chi connectivity index (χ2n) is 3.96. The van der Waals surface area contributed by atoms with Crippen LogP contribution in [0.1, 0.15) is 26.7 Å². The van der Waals surface area contributed by atoms with Gasteiger partial charge in [0.1, 0.15) is 0 Å². The molecule has 0 aromatic rings. The standard InChI is InChI=1S/C10H22N2S/c1-3-10(11,4-2)9-12-5-7-13-8-6-12/h3-9,11H2,1-2H3. The van der Waals surface area contributed by atoms with Crippen molar-refractivity contribution in [1.29, 1.82) is 0 Å². The van der Waals surface area contributed by atoms with Crippen molar-refractivity contribution < 1.29 is 0 Å². The molecule has 1 aliphatic rings. The van der Waals surface area contributed by atoms with Gasteiger partial charge >= 0.3 is 0 Å². The molecule has 0 spiro atoms. The molecule has 1 saturated heterocycles. The van der Waals surface area contributed by atoms with Crippen LogP contribution in [-0.2, 0) is 0 Å². The van der Waals surface area contributed by atoms with E-state index in [-0.39, 0.29) is 5.54 Å². The number of nitrogens with zero attached hydrogens (tertiary/aromatic N) is 1. The van der Waals surface area contributed by atoms with Gasteiger partial charge in [-0.15, -0.1) is 0 Å². The van der Waals surface area contributed by atoms with Gasteiger partial charge in [0, 0.05) is 36.7 Å². The van der Waals surface area contributed by atoms with Crippen molar-refractivity contribution >= 4 is 11.8 Å². The molecule has 0 saturated carbocycles. The molecule has 0 aliphatic carbocycles. The summed E-state index contributed by atoms with van der Waals surface area (Å²) in [6.45, 7) is 7.93. The molecular weight excluding hydrogens is 180 g/mol. The molecule has 3 heteroatoms. The monoisotopic (exact) mass is 202 g/mol. The van der Waals surface area contributed by atoms with Gasteiger partial charge in [-0.1, -0.05) is 13.8 Å². The first-order valence-electron chi connectivity index (χ1n) is 5.29. The Morgan fingerprint density at radius 3 is 2.23 bits per heavy atom. The number of thioether (sulfide) groups is 1. The summed E-state index contributed by atoms with van der Waals surface area (Å²) in [5, 5.41) is 0. The van der Waals surface area contributed by atoms with E-state index >= 15 is 0 Å². The van der Waals surface area contributed by atoms with Gasteiger partial charge in [0.05, 0.1) is 0 Å². The summed E-state index contributed by atoms with van der Waals surface area (Å²) in [5.41, 5.74) is 6.34. The van der Waals surface area contributed by atoms with Crippen molar-refractivity contribution in [1.82, 2.24) is 4.90 Å². The molecule has 78 valence electrons. The lowest BCUT2D eigenvalue weighted by Gasteiger charge is -2.35. The molecule has 0 amide bonds. The zero-order chi connectivity index (χ0) is 9.73. The maximum Gasteiger partial charge on any atom is 0.0278 e. The molecule has 1 heterocycles. The summed E-state index contributed by atoms with van der Waals surface area (Å²) in [6.07, 6.45) is 2.18. The van der Waals surface area contributed by atoms with Crippen molar-refractivity contribution in [2.24, 2.45) is 5.73 Å². The van der Waals surface area contributed by atoms with E-state index in [4.69, 9.17) is 5.73 Å². The third-order valence-corrected chi connectivity index (χ3v) is 3.99. The van der Waals surface area contributed by atoms with E-state index in [9.17, 15) is 0 Å². The molecule has 1 rings (SSSR count). The fourth-order valence-electron chi connectivity index (χ4n) is 1.68. The first-order valence-corrected chi connectivity index (χ1v) is 6.44. The fourth-order valence-corrected chi connectivity index (χ4v) is 2.66. The maximum atomic E-state index is 6.28. The van der Waals surface area contributed by atoms with Crippen LogP contribution < -0.4 is 5.73 Å².